The Balaban J connectivity index is 0. The largest absolute Gasteiger partial charge is 0.476 e. The van der Waals surface area contributed by atoms with Crippen LogP contribution in [0.3, 0.4) is 0 Å². The Morgan fingerprint density at radius 3 is 1.08 bits per heavy atom. The second-order valence-corrected chi connectivity index (χ2v) is 5.79. The molecular weight excluding hydrogens is 312 g/mol. The van der Waals surface area contributed by atoms with Gasteiger partial charge in [-0.25, -0.2) is 9.59 Å². The van der Waals surface area contributed by atoms with Gasteiger partial charge < -0.3 is 10.2 Å². The minimum atomic E-state index is -1.30. The lowest BCUT2D eigenvalue weighted by Gasteiger charge is -1.96. The molecule has 0 bridgehead atoms. The summed E-state index contributed by atoms with van der Waals surface area (Å²) >= 11 is 0. The van der Waals surface area contributed by atoms with E-state index in [1.54, 1.807) is 0 Å². The molecule has 0 spiro atoms. The van der Waals surface area contributed by atoms with E-state index in [0.717, 1.165) is 38.5 Å². The number of carbonyl (C=O) groups is 4. The lowest BCUT2D eigenvalue weighted by atomic mass is 10.1. The zero-order valence-corrected chi connectivity index (χ0v) is 15.0. The predicted octanol–water partition coefficient (Wildman–Crippen LogP) is 4.00. The maximum absolute atomic E-state index is 10.6. The van der Waals surface area contributed by atoms with Crippen molar-refractivity contribution in [1.29, 1.82) is 0 Å². The van der Waals surface area contributed by atoms with Crippen LogP contribution in [0.1, 0.15) is 90.9 Å². The van der Waals surface area contributed by atoms with Crippen molar-refractivity contribution >= 4 is 23.5 Å². The molecule has 140 valence electrons. The first-order valence-electron chi connectivity index (χ1n) is 8.89. The third-order valence-corrected chi connectivity index (χ3v) is 3.49. The van der Waals surface area contributed by atoms with E-state index >= 15 is 0 Å². The van der Waals surface area contributed by atoms with Crippen LogP contribution >= 0.6 is 0 Å². The number of carbonyl (C=O) groups excluding carboxylic acids is 2. The highest BCUT2D eigenvalue weighted by Gasteiger charge is 2.10. The Morgan fingerprint density at radius 1 is 0.542 bits per heavy atom. The maximum atomic E-state index is 10.6. The van der Waals surface area contributed by atoms with E-state index in [2.05, 4.69) is 13.8 Å². The van der Waals surface area contributed by atoms with E-state index in [1.165, 1.54) is 12.8 Å². The van der Waals surface area contributed by atoms with Gasteiger partial charge in [-0.15, -0.1) is 0 Å². The second-order valence-electron chi connectivity index (χ2n) is 5.79. The van der Waals surface area contributed by atoms with Crippen LogP contribution in [0.4, 0.5) is 0 Å². The van der Waals surface area contributed by atoms with Crippen molar-refractivity contribution in [1.82, 2.24) is 0 Å². The van der Waals surface area contributed by atoms with Gasteiger partial charge in [0.2, 0.25) is 11.6 Å². The van der Waals surface area contributed by atoms with Gasteiger partial charge in [0.15, 0.2) is 0 Å². The Hall–Kier alpha value is -1.72. The molecule has 0 atom stereocenters. The van der Waals surface area contributed by atoms with Crippen molar-refractivity contribution in [3.05, 3.63) is 0 Å². The molecule has 24 heavy (non-hydrogen) atoms. The molecule has 0 heterocycles. The average Bonchev–Trinajstić information content (AvgIpc) is 2.54. The normalized spacial score (nSPS) is 9.75. The SMILES string of the molecule is CCCCCCCC(=O)C(=O)O.CCCCCCCC(=O)C(=O)O. The van der Waals surface area contributed by atoms with Crippen LogP contribution in [0, 0.1) is 0 Å². The molecule has 0 aromatic heterocycles. The van der Waals surface area contributed by atoms with Gasteiger partial charge in [-0.2, -0.15) is 0 Å². The van der Waals surface area contributed by atoms with Crippen LogP contribution in [0.5, 0.6) is 0 Å². The number of carboxylic acids is 2. The van der Waals surface area contributed by atoms with Crippen LogP contribution in [0.15, 0.2) is 0 Å². The fourth-order valence-corrected chi connectivity index (χ4v) is 1.99. The van der Waals surface area contributed by atoms with Gasteiger partial charge in [-0.1, -0.05) is 65.2 Å². The number of aliphatic carboxylic acids is 2. The first kappa shape index (κ1) is 24.5. The summed E-state index contributed by atoms with van der Waals surface area (Å²) in [5, 5.41) is 16.5. The minimum absolute atomic E-state index is 0.193. The molecule has 0 fully saturated rings. The molecule has 0 aromatic rings. The molecule has 6 heteroatoms. The fourth-order valence-electron chi connectivity index (χ4n) is 1.99. The van der Waals surface area contributed by atoms with Crippen LogP contribution in [-0.2, 0) is 19.2 Å². The van der Waals surface area contributed by atoms with Crippen molar-refractivity contribution in [3.8, 4) is 0 Å². The maximum Gasteiger partial charge on any atom is 0.372 e. The minimum Gasteiger partial charge on any atom is -0.476 e. The molecule has 0 rings (SSSR count). The molecule has 0 aliphatic rings. The molecule has 0 aliphatic carbocycles. The Bertz CT molecular complexity index is 340. The lowest BCUT2D eigenvalue weighted by molar-refractivity contribution is -0.149. The Morgan fingerprint density at radius 2 is 0.833 bits per heavy atom. The first-order chi connectivity index (χ1) is 11.4. The highest BCUT2D eigenvalue weighted by atomic mass is 16.4. The quantitative estimate of drug-likeness (QED) is 0.364. The molecule has 6 nitrogen and oxygen atoms in total. The number of rotatable bonds is 14. The van der Waals surface area contributed by atoms with Gasteiger partial charge in [0, 0.05) is 12.8 Å². The summed E-state index contributed by atoms with van der Waals surface area (Å²) in [5.41, 5.74) is 0. The predicted molar refractivity (Wildman–Crippen MR) is 92.0 cm³/mol. The molecule has 0 aromatic carbocycles. The van der Waals surface area contributed by atoms with Crippen molar-refractivity contribution < 1.29 is 29.4 Å². The van der Waals surface area contributed by atoms with E-state index < -0.39 is 23.5 Å². The van der Waals surface area contributed by atoms with Gasteiger partial charge in [-0.3, -0.25) is 9.59 Å². The summed E-state index contributed by atoms with van der Waals surface area (Å²) in [5.74, 6) is -3.92. The van der Waals surface area contributed by atoms with Crippen LogP contribution in [-0.4, -0.2) is 33.7 Å². The summed E-state index contributed by atoms with van der Waals surface area (Å²) in [6, 6.07) is 0. The number of ketones is 2. The molecule has 2 N–H and O–H groups in total. The summed E-state index contributed by atoms with van der Waals surface area (Å²) in [6.07, 6.45) is 10.6. The smallest absolute Gasteiger partial charge is 0.372 e. The van der Waals surface area contributed by atoms with Gasteiger partial charge in [0.25, 0.3) is 0 Å². The van der Waals surface area contributed by atoms with Crippen LogP contribution in [0.2, 0.25) is 0 Å². The van der Waals surface area contributed by atoms with E-state index in [0.29, 0.717) is 12.8 Å². The molecule has 0 radical (unpaired) electrons. The third-order valence-electron chi connectivity index (χ3n) is 3.49. The van der Waals surface area contributed by atoms with Crippen LogP contribution in [0.25, 0.3) is 0 Å². The summed E-state index contributed by atoms with van der Waals surface area (Å²) in [6.45, 7) is 4.23. The summed E-state index contributed by atoms with van der Waals surface area (Å²) in [7, 11) is 0. The highest BCUT2D eigenvalue weighted by molar-refractivity contribution is 6.32. The lowest BCUT2D eigenvalue weighted by Crippen LogP contribution is -2.11. The van der Waals surface area contributed by atoms with Gasteiger partial charge in [-0.05, 0) is 12.8 Å². The zero-order chi connectivity index (χ0) is 18.8. The Kier molecular flexibility index (Phi) is 18.0. The number of carboxylic acid groups (broad SMARTS) is 2. The van der Waals surface area contributed by atoms with Crippen molar-refractivity contribution in [2.24, 2.45) is 0 Å². The Labute approximate surface area is 144 Å². The molecule has 0 unspecified atom stereocenters. The number of unbranched alkanes of at least 4 members (excludes halogenated alkanes) is 8. The number of hydrogen-bond acceptors (Lipinski definition) is 4. The van der Waals surface area contributed by atoms with Gasteiger partial charge in [0.1, 0.15) is 0 Å². The molecular formula is C18H32O6. The monoisotopic (exact) mass is 344 g/mol. The van der Waals surface area contributed by atoms with E-state index in [9.17, 15) is 19.2 Å². The van der Waals surface area contributed by atoms with Crippen molar-refractivity contribution in [3.63, 3.8) is 0 Å². The third kappa shape index (κ3) is 18.3. The van der Waals surface area contributed by atoms with E-state index in [-0.39, 0.29) is 12.8 Å². The molecule has 0 amide bonds. The van der Waals surface area contributed by atoms with Gasteiger partial charge in [0.05, 0.1) is 0 Å². The van der Waals surface area contributed by atoms with Gasteiger partial charge >= 0.3 is 11.9 Å². The summed E-state index contributed by atoms with van der Waals surface area (Å²) < 4.78 is 0. The number of hydrogen-bond donors (Lipinski definition) is 2. The molecule has 0 saturated carbocycles. The second kappa shape index (κ2) is 17.6. The van der Waals surface area contributed by atoms with Crippen molar-refractivity contribution in [2.75, 3.05) is 0 Å². The molecule has 0 saturated heterocycles. The molecule has 0 aliphatic heterocycles. The topological polar surface area (TPSA) is 109 Å². The van der Waals surface area contributed by atoms with E-state index in [1.807, 2.05) is 0 Å². The highest BCUT2D eigenvalue weighted by Crippen LogP contribution is 2.05. The summed E-state index contributed by atoms with van der Waals surface area (Å²) in [4.78, 5) is 41.3. The fraction of sp³-hybridized carbons (Fsp3) is 0.778. The zero-order valence-electron chi connectivity index (χ0n) is 15.0. The average molecular weight is 344 g/mol. The first-order valence-corrected chi connectivity index (χ1v) is 8.89. The van der Waals surface area contributed by atoms with Crippen molar-refractivity contribution in [2.45, 2.75) is 90.9 Å². The standard InChI is InChI=1S/2C9H16O3/c2*1-2-3-4-5-6-7-8(10)9(11)12/h2*2-7H2,1H3,(H,11,12). The number of Topliss-reactive ketones (excluding diaryl/α,β-unsaturated/α-hetero) is 2. The van der Waals surface area contributed by atoms with E-state index in [4.69, 9.17) is 10.2 Å². The van der Waals surface area contributed by atoms with Crippen LogP contribution < -0.4 is 0 Å².